The molecule has 0 atom stereocenters. The largest absolute Gasteiger partial charge is 0.454 e. The number of fused-ring (bicyclic) bond motifs is 2. The van der Waals surface area contributed by atoms with Crippen molar-refractivity contribution in [1.29, 1.82) is 0 Å². The van der Waals surface area contributed by atoms with E-state index in [1.54, 1.807) is 30.3 Å². The van der Waals surface area contributed by atoms with E-state index in [4.69, 9.17) is 21.1 Å². The molecule has 206 valence electrons. The lowest BCUT2D eigenvalue weighted by Gasteiger charge is -2.11. The molecule has 40 heavy (non-hydrogen) atoms. The lowest BCUT2D eigenvalue weighted by molar-refractivity contribution is -0.124. The summed E-state index contributed by atoms with van der Waals surface area (Å²) >= 11 is 6.32. The van der Waals surface area contributed by atoms with Gasteiger partial charge in [-0.05, 0) is 59.7 Å². The van der Waals surface area contributed by atoms with Gasteiger partial charge < -0.3 is 30.0 Å². The number of aromatic nitrogens is 1. The Morgan fingerprint density at radius 2 is 1.60 bits per heavy atom. The fraction of sp³-hybridized carbons (Fsp3) is 0.233. The Kier molecular flexibility index (Phi) is 7.66. The molecule has 0 spiro atoms. The van der Waals surface area contributed by atoms with Crippen LogP contribution in [0.4, 0.5) is 5.69 Å². The molecule has 2 heterocycles. The van der Waals surface area contributed by atoms with Crippen LogP contribution < -0.4 is 25.4 Å². The van der Waals surface area contributed by atoms with Crippen LogP contribution in [0.5, 0.6) is 11.5 Å². The van der Waals surface area contributed by atoms with Crippen molar-refractivity contribution in [3.63, 3.8) is 0 Å². The molecule has 1 aliphatic rings. The summed E-state index contributed by atoms with van der Waals surface area (Å²) in [5.41, 5.74) is 3.84. The van der Waals surface area contributed by atoms with E-state index < -0.39 is 0 Å². The Bertz CT molecular complexity index is 1630. The molecule has 0 fully saturated rings. The summed E-state index contributed by atoms with van der Waals surface area (Å²) in [5, 5.41) is 9.77. The first-order valence-corrected chi connectivity index (χ1v) is 13.2. The van der Waals surface area contributed by atoms with Crippen molar-refractivity contribution in [3.8, 4) is 11.5 Å². The fourth-order valence-corrected chi connectivity index (χ4v) is 4.62. The molecule has 3 amide bonds. The summed E-state index contributed by atoms with van der Waals surface area (Å²) in [4.78, 5) is 38.0. The van der Waals surface area contributed by atoms with E-state index in [0.29, 0.717) is 46.6 Å². The first-order chi connectivity index (χ1) is 19.2. The van der Waals surface area contributed by atoms with Crippen LogP contribution in [0, 0.1) is 5.92 Å². The van der Waals surface area contributed by atoms with Crippen LogP contribution in [0.3, 0.4) is 0 Å². The number of aryl methyl sites for hydroxylation is 1. The molecule has 0 saturated carbocycles. The molecule has 0 saturated heterocycles. The zero-order valence-corrected chi connectivity index (χ0v) is 23.1. The smallest absolute Gasteiger partial charge is 0.268 e. The highest BCUT2D eigenvalue weighted by atomic mass is 35.5. The topological polar surface area (TPSA) is 111 Å². The van der Waals surface area contributed by atoms with Crippen molar-refractivity contribution in [2.24, 2.45) is 13.0 Å². The maximum atomic E-state index is 13.1. The Labute approximate surface area is 236 Å². The van der Waals surface area contributed by atoms with Gasteiger partial charge in [0, 0.05) is 42.6 Å². The van der Waals surface area contributed by atoms with Gasteiger partial charge in [0.25, 0.3) is 11.8 Å². The standard InChI is InChI=1S/C30H29ClN4O5/c1-17(2)28(36)32-14-18-4-7-23(31)22(10-18)29(37)34-21-6-8-24-20(12-21)13-25(35(24)3)30(38)33-15-19-5-9-26-27(11-19)40-16-39-26/h4-13,17H,14-16H2,1-3H3,(H,32,36)(H,33,38)(H,34,37). The van der Waals surface area contributed by atoms with Crippen LogP contribution >= 0.6 is 11.6 Å². The van der Waals surface area contributed by atoms with Crippen LogP contribution in [0.15, 0.2) is 60.7 Å². The predicted octanol–water partition coefficient (Wildman–Crippen LogP) is 5.01. The zero-order chi connectivity index (χ0) is 28.4. The van der Waals surface area contributed by atoms with Crippen LogP contribution in [0.1, 0.15) is 45.8 Å². The molecule has 0 unspecified atom stereocenters. The van der Waals surface area contributed by atoms with Gasteiger partial charge >= 0.3 is 0 Å². The number of hydrogen-bond acceptors (Lipinski definition) is 5. The van der Waals surface area contributed by atoms with E-state index >= 15 is 0 Å². The monoisotopic (exact) mass is 560 g/mol. The van der Waals surface area contributed by atoms with Crippen LogP contribution in [0.2, 0.25) is 5.02 Å². The molecular formula is C30H29ClN4O5. The molecule has 1 aliphatic heterocycles. The van der Waals surface area contributed by atoms with E-state index in [1.165, 1.54) is 0 Å². The Morgan fingerprint density at radius 1 is 0.875 bits per heavy atom. The SMILES string of the molecule is CC(C)C(=O)NCc1ccc(Cl)c(C(=O)Nc2ccc3c(c2)cc(C(=O)NCc2ccc4c(c2)OCO4)n3C)c1. The molecule has 3 aromatic carbocycles. The third-order valence-corrected chi connectivity index (χ3v) is 7.02. The second kappa shape index (κ2) is 11.3. The molecule has 5 rings (SSSR count). The minimum absolute atomic E-state index is 0.0712. The lowest BCUT2D eigenvalue weighted by Crippen LogP contribution is -2.27. The lowest BCUT2D eigenvalue weighted by atomic mass is 10.1. The summed E-state index contributed by atoms with van der Waals surface area (Å²) in [5.74, 6) is 0.547. The van der Waals surface area contributed by atoms with Gasteiger partial charge in [0.15, 0.2) is 11.5 Å². The maximum Gasteiger partial charge on any atom is 0.268 e. The molecule has 0 radical (unpaired) electrons. The highest BCUT2D eigenvalue weighted by Gasteiger charge is 2.17. The average Bonchev–Trinajstić information content (AvgIpc) is 3.54. The van der Waals surface area contributed by atoms with Gasteiger partial charge in [-0.15, -0.1) is 0 Å². The fourth-order valence-electron chi connectivity index (χ4n) is 4.42. The molecule has 9 nitrogen and oxygen atoms in total. The highest BCUT2D eigenvalue weighted by molar-refractivity contribution is 6.34. The van der Waals surface area contributed by atoms with Crippen molar-refractivity contribution < 1.29 is 23.9 Å². The first-order valence-electron chi connectivity index (χ1n) is 12.8. The number of rotatable bonds is 8. The summed E-state index contributed by atoms with van der Waals surface area (Å²) in [6.45, 7) is 4.45. The number of carbonyl (C=O) groups is 3. The first kappa shape index (κ1) is 27.1. The summed E-state index contributed by atoms with van der Waals surface area (Å²) < 4.78 is 12.5. The molecular weight excluding hydrogens is 532 g/mol. The number of hydrogen-bond donors (Lipinski definition) is 3. The number of nitrogens with one attached hydrogen (secondary N) is 3. The number of anilines is 1. The van der Waals surface area contributed by atoms with Gasteiger partial charge in [0.2, 0.25) is 12.7 Å². The van der Waals surface area contributed by atoms with Gasteiger partial charge in [-0.25, -0.2) is 0 Å². The van der Waals surface area contributed by atoms with E-state index in [2.05, 4.69) is 16.0 Å². The van der Waals surface area contributed by atoms with Crippen molar-refractivity contribution >= 4 is 45.9 Å². The number of amides is 3. The molecule has 0 aliphatic carbocycles. The second-order valence-corrected chi connectivity index (χ2v) is 10.3. The molecule has 1 aromatic heterocycles. The Balaban J connectivity index is 1.27. The third-order valence-electron chi connectivity index (χ3n) is 6.69. The van der Waals surface area contributed by atoms with Gasteiger partial charge in [-0.1, -0.05) is 37.6 Å². The van der Waals surface area contributed by atoms with Crippen LogP contribution in [-0.4, -0.2) is 29.1 Å². The highest BCUT2D eigenvalue weighted by Crippen LogP contribution is 2.32. The quantitative estimate of drug-likeness (QED) is 0.280. The summed E-state index contributed by atoms with van der Waals surface area (Å²) in [6.07, 6.45) is 0. The van der Waals surface area contributed by atoms with Crippen molar-refractivity contribution in [2.75, 3.05) is 12.1 Å². The number of carbonyl (C=O) groups excluding carboxylic acids is 3. The number of halogens is 1. The normalized spacial score (nSPS) is 12.0. The van der Waals surface area contributed by atoms with Crippen LogP contribution in [-0.2, 0) is 24.9 Å². The zero-order valence-electron chi connectivity index (χ0n) is 22.3. The predicted molar refractivity (Wildman–Crippen MR) is 153 cm³/mol. The van der Waals surface area contributed by atoms with E-state index in [-0.39, 0.29) is 30.4 Å². The minimum atomic E-state index is -0.376. The van der Waals surface area contributed by atoms with Gasteiger partial charge in [0.1, 0.15) is 5.69 Å². The van der Waals surface area contributed by atoms with Crippen molar-refractivity contribution in [2.45, 2.75) is 26.9 Å². The Morgan fingerprint density at radius 3 is 2.40 bits per heavy atom. The summed E-state index contributed by atoms with van der Waals surface area (Å²) in [7, 11) is 1.82. The second-order valence-electron chi connectivity index (χ2n) is 9.87. The van der Waals surface area contributed by atoms with E-state index in [1.807, 2.05) is 55.8 Å². The van der Waals surface area contributed by atoms with Gasteiger partial charge in [0.05, 0.1) is 10.6 Å². The summed E-state index contributed by atoms with van der Waals surface area (Å²) in [6, 6.07) is 17.8. The van der Waals surface area contributed by atoms with Gasteiger partial charge in [-0.2, -0.15) is 0 Å². The molecule has 10 heteroatoms. The minimum Gasteiger partial charge on any atom is -0.454 e. The van der Waals surface area contributed by atoms with Crippen molar-refractivity contribution in [3.05, 3.63) is 88.1 Å². The maximum absolute atomic E-state index is 13.1. The van der Waals surface area contributed by atoms with E-state index in [0.717, 1.165) is 22.0 Å². The number of nitrogens with zero attached hydrogens (tertiary/aromatic N) is 1. The number of benzene rings is 3. The van der Waals surface area contributed by atoms with Crippen molar-refractivity contribution in [1.82, 2.24) is 15.2 Å². The van der Waals surface area contributed by atoms with Gasteiger partial charge in [-0.3, -0.25) is 14.4 Å². The molecule has 4 aromatic rings. The average molecular weight is 561 g/mol. The molecule has 3 N–H and O–H groups in total. The third kappa shape index (κ3) is 5.74. The molecule has 0 bridgehead atoms. The number of ether oxygens (including phenoxy) is 2. The van der Waals surface area contributed by atoms with E-state index in [9.17, 15) is 14.4 Å². The Hall–Kier alpha value is -4.50. The van der Waals surface area contributed by atoms with Crippen LogP contribution in [0.25, 0.3) is 10.9 Å².